The Morgan fingerprint density at radius 2 is 1.93 bits per heavy atom. The highest BCUT2D eigenvalue weighted by Crippen LogP contribution is 2.49. The number of nitrogens with zero attached hydrogens (tertiary/aromatic N) is 2. The SMILES string of the molecule is CCNCC(C)(O)Nc1sc2nc(C(F)(F)F)ccc2c1C(=O)N1CCC2(CC1)CC(=O)c1cc(C)ccc1S2. The average Bonchev–Trinajstić information content (AvgIpc) is 3.24. The molecule has 3 N–H and O–H groups in total. The molecule has 12 heteroatoms. The molecule has 3 aromatic rings. The van der Waals surface area contributed by atoms with Crippen molar-refractivity contribution in [3.05, 3.63) is 52.7 Å². The molecule has 2 aliphatic heterocycles. The number of nitrogens with one attached hydrogen (secondary N) is 2. The van der Waals surface area contributed by atoms with E-state index in [2.05, 4.69) is 15.6 Å². The number of thiophene rings is 1. The molecule has 1 spiro atoms. The number of fused-ring (bicyclic) bond motifs is 2. The lowest BCUT2D eigenvalue weighted by molar-refractivity contribution is -0.140. The molecule has 0 bridgehead atoms. The number of aliphatic hydroxyl groups is 1. The van der Waals surface area contributed by atoms with Gasteiger partial charge in [-0.05, 0) is 57.5 Å². The summed E-state index contributed by atoms with van der Waals surface area (Å²) in [6.45, 7) is 6.94. The van der Waals surface area contributed by atoms with Crippen LogP contribution in [0, 0.1) is 6.92 Å². The number of hydrogen-bond donors (Lipinski definition) is 3. The average molecular weight is 593 g/mol. The first-order chi connectivity index (χ1) is 18.8. The Kier molecular flexibility index (Phi) is 7.66. The third kappa shape index (κ3) is 5.72. The van der Waals surface area contributed by atoms with Gasteiger partial charge < -0.3 is 20.6 Å². The number of rotatable bonds is 6. The monoisotopic (exact) mass is 592 g/mol. The summed E-state index contributed by atoms with van der Waals surface area (Å²) in [5, 5.41) is 17.4. The number of hydrogen-bond acceptors (Lipinski definition) is 8. The number of aromatic nitrogens is 1. The second kappa shape index (κ2) is 10.6. The lowest BCUT2D eigenvalue weighted by atomic mass is 9.87. The van der Waals surface area contributed by atoms with Crippen LogP contribution in [-0.4, -0.2) is 63.3 Å². The molecule has 7 nitrogen and oxygen atoms in total. The first-order valence-corrected chi connectivity index (χ1v) is 14.8. The summed E-state index contributed by atoms with van der Waals surface area (Å²) in [7, 11) is 0. The molecule has 2 aliphatic rings. The van der Waals surface area contributed by atoms with Crippen molar-refractivity contribution in [1.82, 2.24) is 15.2 Å². The summed E-state index contributed by atoms with van der Waals surface area (Å²) in [4.78, 5) is 33.4. The minimum Gasteiger partial charge on any atom is -0.370 e. The maximum atomic E-state index is 13.9. The molecule has 0 saturated carbocycles. The fourth-order valence-electron chi connectivity index (χ4n) is 5.26. The summed E-state index contributed by atoms with van der Waals surface area (Å²) in [5.74, 6) is -0.227. The zero-order valence-corrected chi connectivity index (χ0v) is 24.1. The molecule has 1 amide bonds. The molecule has 1 aromatic carbocycles. The Bertz CT molecular complexity index is 1460. The summed E-state index contributed by atoms with van der Waals surface area (Å²) in [6, 6.07) is 8.06. The Morgan fingerprint density at radius 3 is 2.60 bits per heavy atom. The van der Waals surface area contributed by atoms with Crippen LogP contribution in [0.3, 0.4) is 0 Å². The molecule has 1 fully saturated rings. The molecule has 5 rings (SSSR count). The van der Waals surface area contributed by atoms with Crippen LogP contribution in [-0.2, 0) is 6.18 Å². The first kappa shape index (κ1) is 28.8. The molecule has 4 heterocycles. The van der Waals surface area contributed by atoms with Gasteiger partial charge in [-0.15, -0.1) is 11.8 Å². The van der Waals surface area contributed by atoms with E-state index in [4.69, 9.17) is 0 Å². The first-order valence-electron chi connectivity index (χ1n) is 13.1. The molecule has 214 valence electrons. The molecule has 1 atom stereocenters. The summed E-state index contributed by atoms with van der Waals surface area (Å²) in [5.41, 5.74) is -0.513. The molecule has 2 aromatic heterocycles. The van der Waals surface area contributed by atoms with E-state index in [9.17, 15) is 27.9 Å². The highest BCUT2D eigenvalue weighted by atomic mass is 32.2. The standard InChI is InChI=1S/C28H31F3N4O3S2/c1-4-32-15-26(3,38)34-24-22(17-6-8-21(28(29,30)31)33-23(17)39-24)25(37)35-11-9-27(10-12-35)14-19(36)18-13-16(2)5-7-20(18)40-27/h5-8,13,32,34,38H,4,9-12,14-15H2,1-3H3. The van der Waals surface area contributed by atoms with Crippen molar-refractivity contribution in [2.75, 3.05) is 31.5 Å². The number of alkyl halides is 3. The second-order valence-corrected chi connectivity index (χ2v) is 13.2. The van der Waals surface area contributed by atoms with Crippen molar-refractivity contribution in [2.45, 2.75) is 61.6 Å². The zero-order chi connectivity index (χ0) is 28.9. The number of carbonyl (C=O) groups is 2. The summed E-state index contributed by atoms with van der Waals surface area (Å²) < 4.78 is 39.8. The van der Waals surface area contributed by atoms with Crippen LogP contribution in [0.1, 0.15) is 65.1 Å². The van der Waals surface area contributed by atoms with Gasteiger partial charge in [-0.25, -0.2) is 4.98 Å². The maximum absolute atomic E-state index is 13.9. The van der Waals surface area contributed by atoms with Crippen LogP contribution in [0.15, 0.2) is 35.2 Å². The number of piperidine rings is 1. The van der Waals surface area contributed by atoms with Gasteiger partial charge in [0.1, 0.15) is 21.3 Å². The van der Waals surface area contributed by atoms with Crippen molar-refractivity contribution in [3.63, 3.8) is 0 Å². The third-order valence-corrected chi connectivity index (χ3v) is 9.94. The summed E-state index contributed by atoms with van der Waals surface area (Å²) in [6.07, 6.45) is -2.99. The number of likely N-dealkylation sites (tertiary alicyclic amines) is 1. The fourth-order valence-corrected chi connectivity index (χ4v) is 7.92. The van der Waals surface area contributed by atoms with E-state index in [1.807, 2.05) is 32.0 Å². The molecule has 0 aliphatic carbocycles. The second-order valence-electron chi connectivity index (χ2n) is 10.7. The van der Waals surface area contributed by atoms with Crippen LogP contribution < -0.4 is 10.6 Å². The van der Waals surface area contributed by atoms with E-state index in [0.29, 0.717) is 44.3 Å². The molecule has 1 saturated heterocycles. The van der Waals surface area contributed by atoms with Crippen LogP contribution in [0.4, 0.5) is 18.2 Å². The van der Waals surface area contributed by atoms with Gasteiger partial charge in [0.15, 0.2) is 5.78 Å². The van der Waals surface area contributed by atoms with E-state index in [0.717, 1.165) is 33.4 Å². The van der Waals surface area contributed by atoms with Crippen LogP contribution in [0.2, 0.25) is 0 Å². The highest BCUT2D eigenvalue weighted by Gasteiger charge is 2.43. The minimum atomic E-state index is -4.62. The summed E-state index contributed by atoms with van der Waals surface area (Å²) >= 11 is 2.62. The van der Waals surface area contributed by atoms with Gasteiger partial charge in [0.25, 0.3) is 5.91 Å². The van der Waals surface area contributed by atoms with Crippen molar-refractivity contribution in [3.8, 4) is 0 Å². The van der Waals surface area contributed by atoms with Gasteiger partial charge in [0.2, 0.25) is 0 Å². The topological polar surface area (TPSA) is 94.6 Å². The van der Waals surface area contributed by atoms with E-state index in [1.165, 1.54) is 13.0 Å². The number of likely N-dealkylation sites (N-methyl/N-ethyl adjacent to an activating group) is 1. The number of aryl methyl sites for hydroxylation is 1. The van der Waals surface area contributed by atoms with Gasteiger partial charge in [-0.2, -0.15) is 13.2 Å². The van der Waals surface area contributed by atoms with Crippen LogP contribution in [0.5, 0.6) is 0 Å². The minimum absolute atomic E-state index is 0.0636. The molecule has 1 unspecified atom stereocenters. The van der Waals surface area contributed by atoms with Gasteiger partial charge in [-0.1, -0.05) is 29.9 Å². The van der Waals surface area contributed by atoms with E-state index < -0.39 is 17.6 Å². The maximum Gasteiger partial charge on any atom is 0.433 e. The zero-order valence-electron chi connectivity index (χ0n) is 22.4. The highest BCUT2D eigenvalue weighted by molar-refractivity contribution is 8.01. The van der Waals surface area contributed by atoms with E-state index in [-0.39, 0.29) is 38.4 Å². The number of benzene rings is 1. The molecular formula is C28H31F3N4O3S2. The number of Topliss-reactive ketones (excluding diaryl/α,β-unsaturated/α-hetero) is 1. The van der Waals surface area contributed by atoms with Gasteiger partial charge in [0, 0.05) is 46.6 Å². The molecule has 0 radical (unpaired) electrons. The van der Waals surface area contributed by atoms with Gasteiger partial charge >= 0.3 is 6.18 Å². The normalized spacial score (nSPS) is 18.6. The van der Waals surface area contributed by atoms with Gasteiger partial charge in [0.05, 0.1) is 5.56 Å². The Balaban J connectivity index is 1.42. The fraction of sp³-hybridized carbons (Fsp3) is 0.464. The van der Waals surface area contributed by atoms with Gasteiger partial charge in [-0.3, -0.25) is 9.59 Å². The number of pyridine rings is 1. The number of ketones is 1. The van der Waals surface area contributed by atoms with Crippen molar-refractivity contribution in [2.24, 2.45) is 0 Å². The van der Waals surface area contributed by atoms with E-state index in [1.54, 1.807) is 16.7 Å². The smallest absolute Gasteiger partial charge is 0.370 e. The molecular weight excluding hydrogens is 561 g/mol. The van der Waals surface area contributed by atoms with E-state index >= 15 is 0 Å². The Labute approximate surface area is 238 Å². The largest absolute Gasteiger partial charge is 0.433 e. The Hall–Kier alpha value is -2.67. The van der Waals surface area contributed by atoms with Crippen molar-refractivity contribution in [1.29, 1.82) is 0 Å². The number of thioether (sulfide) groups is 1. The number of carbonyl (C=O) groups excluding carboxylic acids is 2. The van der Waals surface area contributed by atoms with Crippen LogP contribution >= 0.6 is 23.1 Å². The quantitative estimate of drug-likeness (QED) is 0.316. The number of anilines is 1. The number of amides is 1. The predicted octanol–water partition coefficient (Wildman–Crippen LogP) is 5.71. The van der Waals surface area contributed by atoms with Crippen LogP contribution in [0.25, 0.3) is 10.2 Å². The predicted molar refractivity (Wildman–Crippen MR) is 151 cm³/mol. The Morgan fingerprint density at radius 1 is 1.20 bits per heavy atom. The third-order valence-electron chi connectivity index (χ3n) is 7.37. The molecule has 40 heavy (non-hydrogen) atoms. The van der Waals surface area contributed by atoms with Crippen molar-refractivity contribution < 1.29 is 27.9 Å². The lowest BCUT2D eigenvalue weighted by Gasteiger charge is -2.43. The number of halogens is 3. The lowest BCUT2D eigenvalue weighted by Crippen LogP contribution is -2.47. The van der Waals surface area contributed by atoms with Crippen molar-refractivity contribution >= 4 is 50.0 Å².